The van der Waals surface area contributed by atoms with Gasteiger partial charge in [-0.2, -0.15) is 0 Å². The Morgan fingerprint density at radius 3 is 2.61 bits per heavy atom. The highest BCUT2D eigenvalue weighted by Gasteiger charge is 2.23. The number of likely N-dealkylation sites (tertiary alicyclic amines) is 1. The van der Waals surface area contributed by atoms with Crippen LogP contribution in [0.25, 0.3) is 0 Å². The molecule has 1 aromatic carbocycles. The maximum atomic E-state index is 5.26. The van der Waals surface area contributed by atoms with Gasteiger partial charge in [0.2, 0.25) is 0 Å². The molecule has 1 unspecified atom stereocenters. The molecule has 2 fully saturated rings. The Balaban J connectivity index is 1.52. The zero-order chi connectivity index (χ0) is 15.9. The smallest absolute Gasteiger partial charge is 0.118 e. The Bertz CT molecular complexity index is 456. The molecule has 1 atom stereocenters. The maximum Gasteiger partial charge on any atom is 0.118 e. The Morgan fingerprint density at radius 1 is 1.09 bits per heavy atom. The quantitative estimate of drug-likeness (QED) is 0.872. The molecular formula is C19H31N3O. The fraction of sp³-hybridized carbons (Fsp3) is 0.684. The van der Waals surface area contributed by atoms with Gasteiger partial charge in [0.15, 0.2) is 0 Å². The van der Waals surface area contributed by atoms with Crippen LogP contribution in [0.5, 0.6) is 5.75 Å². The first-order valence-corrected chi connectivity index (χ1v) is 9.15. The number of hydrogen-bond acceptors (Lipinski definition) is 4. The number of piperidine rings is 1. The third-order valence-corrected chi connectivity index (χ3v) is 5.28. The normalized spacial score (nSPS) is 23.8. The van der Waals surface area contributed by atoms with Crippen molar-refractivity contribution in [2.45, 2.75) is 38.3 Å². The number of nitrogens with one attached hydrogen (secondary N) is 1. The first-order chi connectivity index (χ1) is 11.3. The monoisotopic (exact) mass is 317 g/mol. The largest absolute Gasteiger partial charge is 0.497 e. The number of ether oxygens (including phenoxy) is 1. The summed E-state index contributed by atoms with van der Waals surface area (Å²) in [5.74, 6) is 0.947. The second kappa shape index (κ2) is 8.67. The Kier molecular flexibility index (Phi) is 6.31. The van der Waals surface area contributed by atoms with Gasteiger partial charge in [0.1, 0.15) is 5.75 Å². The molecule has 0 amide bonds. The van der Waals surface area contributed by atoms with E-state index in [1.54, 1.807) is 7.11 Å². The van der Waals surface area contributed by atoms with Crippen LogP contribution in [0.4, 0.5) is 0 Å². The van der Waals surface area contributed by atoms with E-state index in [-0.39, 0.29) is 0 Å². The maximum absolute atomic E-state index is 5.26. The fourth-order valence-electron chi connectivity index (χ4n) is 3.83. The van der Waals surface area contributed by atoms with Crippen LogP contribution >= 0.6 is 0 Å². The van der Waals surface area contributed by atoms with E-state index in [0.717, 1.165) is 31.4 Å². The number of nitrogens with zero attached hydrogens (tertiary/aromatic N) is 2. The van der Waals surface area contributed by atoms with Gasteiger partial charge in [-0.25, -0.2) is 0 Å². The molecule has 4 heteroatoms. The van der Waals surface area contributed by atoms with E-state index >= 15 is 0 Å². The van der Waals surface area contributed by atoms with E-state index < -0.39 is 0 Å². The number of benzene rings is 1. The first kappa shape index (κ1) is 16.7. The predicted molar refractivity (Wildman–Crippen MR) is 95.0 cm³/mol. The molecule has 0 aromatic heterocycles. The van der Waals surface area contributed by atoms with Gasteiger partial charge in [-0.05, 0) is 50.0 Å². The van der Waals surface area contributed by atoms with Gasteiger partial charge in [0.25, 0.3) is 0 Å². The molecule has 2 saturated heterocycles. The van der Waals surface area contributed by atoms with Gasteiger partial charge in [-0.3, -0.25) is 4.90 Å². The van der Waals surface area contributed by atoms with Gasteiger partial charge in [0.05, 0.1) is 7.11 Å². The Hall–Kier alpha value is -1.10. The van der Waals surface area contributed by atoms with Crippen LogP contribution in [0.1, 0.15) is 31.2 Å². The van der Waals surface area contributed by atoms with Crippen molar-refractivity contribution in [3.63, 3.8) is 0 Å². The van der Waals surface area contributed by atoms with Crippen LogP contribution in [-0.4, -0.2) is 62.2 Å². The topological polar surface area (TPSA) is 27.7 Å². The van der Waals surface area contributed by atoms with Crippen LogP contribution in [0.15, 0.2) is 24.3 Å². The van der Waals surface area contributed by atoms with E-state index in [1.165, 1.54) is 57.4 Å². The van der Waals surface area contributed by atoms with Crippen LogP contribution in [0.3, 0.4) is 0 Å². The zero-order valence-corrected chi connectivity index (χ0v) is 14.5. The highest BCUT2D eigenvalue weighted by molar-refractivity contribution is 5.27. The molecule has 1 N–H and O–H groups in total. The molecule has 2 aliphatic heterocycles. The van der Waals surface area contributed by atoms with Crippen LogP contribution in [0, 0.1) is 0 Å². The molecule has 4 nitrogen and oxygen atoms in total. The van der Waals surface area contributed by atoms with Crippen molar-refractivity contribution in [2.75, 3.05) is 46.4 Å². The van der Waals surface area contributed by atoms with Crippen LogP contribution in [-0.2, 0) is 6.54 Å². The minimum absolute atomic E-state index is 0.751. The van der Waals surface area contributed by atoms with Gasteiger partial charge in [-0.15, -0.1) is 0 Å². The van der Waals surface area contributed by atoms with Gasteiger partial charge in [-0.1, -0.05) is 18.6 Å². The van der Waals surface area contributed by atoms with E-state index in [4.69, 9.17) is 4.74 Å². The molecule has 0 saturated carbocycles. The van der Waals surface area contributed by atoms with Crippen LogP contribution < -0.4 is 10.1 Å². The Labute approximate surface area is 140 Å². The summed E-state index contributed by atoms with van der Waals surface area (Å²) < 4.78 is 5.26. The highest BCUT2D eigenvalue weighted by atomic mass is 16.5. The van der Waals surface area contributed by atoms with Crippen molar-refractivity contribution < 1.29 is 4.74 Å². The summed E-state index contributed by atoms with van der Waals surface area (Å²) in [6.07, 6.45) is 5.42. The lowest BCUT2D eigenvalue weighted by Gasteiger charge is -2.37. The summed E-state index contributed by atoms with van der Waals surface area (Å²) in [6, 6.07) is 9.33. The minimum atomic E-state index is 0.751. The second-order valence-electron chi connectivity index (χ2n) is 6.85. The van der Waals surface area contributed by atoms with Crippen LogP contribution in [0.2, 0.25) is 0 Å². The van der Waals surface area contributed by atoms with E-state index in [0.29, 0.717) is 0 Å². The molecule has 3 rings (SSSR count). The van der Waals surface area contributed by atoms with Crippen molar-refractivity contribution in [3.05, 3.63) is 29.8 Å². The molecular weight excluding hydrogens is 286 g/mol. The fourth-order valence-corrected chi connectivity index (χ4v) is 3.83. The van der Waals surface area contributed by atoms with E-state index in [1.807, 2.05) is 0 Å². The van der Waals surface area contributed by atoms with E-state index in [9.17, 15) is 0 Å². The number of piperazine rings is 1. The minimum Gasteiger partial charge on any atom is -0.497 e. The summed E-state index contributed by atoms with van der Waals surface area (Å²) in [5.41, 5.74) is 1.40. The van der Waals surface area contributed by atoms with Gasteiger partial charge < -0.3 is 15.0 Å². The summed E-state index contributed by atoms with van der Waals surface area (Å²) in [7, 11) is 1.73. The summed E-state index contributed by atoms with van der Waals surface area (Å²) in [6.45, 7) is 8.32. The van der Waals surface area contributed by atoms with Crippen molar-refractivity contribution in [2.24, 2.45) is 0 Å². The average molecular weight is 317 g/mol. The number of rotatable bonds is 6. The lowest BCUT2D eigenvalue weighted by molar-refractivity contribution is 0.115. The van der Waals surface area contributed by atoms with Crippen molar-refractivity contribution in [3.8, 4) is 5.75 Å². The first-order valence-electron chi connectivity index (χ1n) is 9.15. The molecule has 0 bridgehead atoms. The highest BCUT2D eigenvalue weighted by Crippen LogP contribution is 2.23. The van der Waals surface area contributed by atoms with Crippen molar-refractivity contribution in [1.82, 2.24) is 15.1 Å². The summed E-state index contributed by atoms with van der Waals surface area (Å²) in [4.78, 5) is 5.32. The molecule has 1 aromatic rings. The number of hydrogen-bond donors (Lipinski definition) is 1. The van der Waals surface area contributed by atoms with Gasteiger partial charge in [0, 0.05) is 38.8 Å². The molecule has 2 heterocycles. The number of methoxy groups -OCH3 is 1. The second-order valence-corrected chi connectivity index (χ2v) is 6.85. The average Bonchev–Trinajstić information content (AvgIpc) is 2.62. The van der Waals surface area contributed by atoms with E-state index in [2.05, 4.69) is 39.4 Å². The van der Waals surface area contributed by atoms with Crippen molar-refractivity contribution in [1.29, 1.82) is 0 Å². The molecule has 128 valence electrons. The lowest BCUT2D eigenvalue weighted by atomic mass is 9.98. The standard InChI is InChI=1S/C19H31N3O/c1-23-19-7-5-17(6-8-19)16-22-12-3-2-4-18(22)9-13-21-14-10-20-11-15-21/h5-8,18,20H,2-4,9-16H2,1H3. The molecule has 0 aliphatic carbocycles. The van der Waals surface area contributed by atoms with Crippen molar-refractivity contribution >= 4 is 0 Å². The molecule has 0 spiro atoms. The summed E-state index contributed by atoms with van der Waals surface area (Å²) in [5, 5.41) is 3.44. The lowest BCUT2D eigenvalue weighted by Crippen LogP contribution is -2.46. The summed E-state index contributed by atoms with van der Waals surface area (Å²) >= 11 is 0. The van der Waals surface area contributed by atoms with Gasteiger partial charge >= 0.3 is 0 Å². The zero-order valence-electron chi connectivity index (χ0n) is 14.5. The Morgan fingerprint density at radius 2 is 1.87 bits per heavy atom. The molecule has 0 radical (unpaired) electrons. The third kappa shape index (κ3) is 4.93. The third-order valence-electron chi connectivity index (χ3n) is 5.28. The SMILES string of the molecule is COc1ccc(CN2CCCCC2CCN2CCNCC2)cc1. The predicted octanol–water partition coefficient (Wildman–Crippen LogP) is 2.34. The molecule has 23 heavy (non-hydrogen) atoms. The molecule has 2 aliphatic rings.